The lowest BCUT2D eigenvalue weighted by Crippen LogP contribution is -2.28. The zero-order chi connectivity index (χ0) is 21.6. The number of likely N-dealkylation sites (tertiary alicyclic amines) is 1. The molecule has 5 heteroatoms. The van der Waals surface area contributed by atoms with E-state index in [1.807, 2.05) is 36.4 Å². The van der Waals surface area contributed by atoms with E-state index in [1.165, 1.54) is 5.39 Å². The first-order valence-electron chi connectivity index (χ1n) is 10.4. The van der Waals surface area contributed by atoms with E-state index in [0.29, 0.717) is 31.2 Å². The maximum Gasteiger partial charge on any atom is 0.264 e. The van der Waals surface area contributed by atoms with E-state index in [4.69, 9.17) is 9.47 Å². The minimum absolute atomic E-state index is 0.133. The van der Waals surface area contributed by atoms with Crippen molar-refractivity contribution in [3.8, 4) is 17.6 Å². The Bertz CT molecular complexity index is 1170. The monoisotopic (exact) mass is 412 g/mol. The average Bonchev–Trinajstić information content (AvgIpc) is 3.36. The first kappa shape index (κ1) is 20.5. The lowest BCUT2D eigenvalue weighted by molar-refractivity contribution is -0.125. The molecule has 0 aromatic heterocycles. The number of ether oxygens (including phenoxy) is 2. The molecule has 0 atom stereocenters. The van der Waals surface area contributed by atoms with Gasteiger partial charge in [0.1, 0.15) is 18.2 Å². The molecule has 1 amide bonds. The number of amides is 1. The average molecular weight is 412 g/mol. The number of hydrogen-bond donors (Lipinski definition) is 0. The van der Waals surface area contributed by atoms with Gasteiger partial charge in [0.05, 0.1) is 7.11 Å². The van der Waals surface area contributed by atoms with E-state index in [0.717, 1.165) is 29.4 Å². The Morgan fingerprint density at radius 2 is 1.84 bits per heavy atom. The molecule has 31 heavy (non-hydrogen) atoms. The molecular formula is C26H24N2O3. The summed E-state index contributed by atoms with van der Waals surface area (Å²) >= 11 is 0. The molecule has 4 rings (SSSR count). The van der Waals surface area contributed by atoms with Gasteiger partial charge in [-0.3, -0.25) is 4.79 Å². The van der Waals surface area contributed by atoms with Gasteiger partial charge in [-0.2, -0.15) is 5.26 Å². The molecule has 156 valence electrons. The number of carbonyl (C=O) groups excluding carboxylic acids is 1. The molecule has 3 aromatic rings. The minimum atomic E-state index is -0.213. The summed E-state index contributed by atoms with van der Waals surface area (Å²) in [6.07, 6.45) is 3.58. The smallest absolute Gasteiger partial charge is 0.264 e. The van der Waals surface area contributed by atoms with Crippen LogP contribution in [0, 0.1) is 11.3 Å². The molecule has 1 saturated heterocycles. The van der Waals surface area contributed by atoms with E-state index in [9.17, 15) is 10.1 Å². The molecule has 0 bridgehead atoms. The Balaban J connectivity index is 1.54. The van der Waals surface area contributed by atoms with Crippen LogP contribution in [0.3, 0.4) is 0 Å². The van der Waals surface area contributed by atoms with Crippen molar-refractivity contribution in [1.82, 2.24) is 4.90 Å². The lowest BCUT2D eigenvalue weighted by Gasteiger charge is -2.15. The highest BCUT2D eigenvalue weighted by molar-refractivity contribution is 6.01. The largest absolute Gasteiger partial charge is 0.493 e. The quantitative estimate of drug-likeness (QED) is 0.424. The summed E-state index contributed by atoms with van der Waals surface area (Å²) in [5, 5.41) is 11.8. The molecule has 0 radical (unpaired) electrons. The van der Waals surface area contributed by atoms with Crippen LogP contribution in [0.4, 0.5) is 0 Å². The van der Waals surface area contributed by atoms with E-state index >= 15 is 0 Å². The third kappa shape index (κ3) is 4.54. The van der Waals surface area contributed by atoms with Crippen molar-refractivity contribution in [2.75, 3.05) is 20.2 Å². The first-order valence-corrected chi connectivity index (χ1v) is 10.4. The number of benzene rings is 3. The zero-order valence-corrected chi connectivity index (χ0v) is 17.5. The maximum absolute atomic E-state index is 12.5. The summed E-state index contributed by atoms with van der Waals surface area (Å²) in [6, 6.07) is 21.8. The second kappa shape index (κ2) is 9.36. The highest BCUT2D eigenvalue weighted by Gasteiger charge is 2.21. The Morgan fingerprint density at radius 1 is 1.06 bits per heavy atom. The number of carbonyl (C=O) groups is 1. The Hall–Kier alpha value is -3.78. The number of nitrogens with zero attached hydrogens (tertiary/aromatic N) is 2. The first-order chi connectivity index (χ1) is 15.2. The van der Waals surface area contributed by atoms with Crippen LogP contribution in [0.25, 0.3) is 16.8 Å². The van der Waals surface area contributed by atoms with Crippen LogP contribution in [0.1, 0.15) is 24.0 Å². The molecule has 3 aromatic carbocycles. The third-order valence-electron chi connectivity index (χ3n) is 5.51. The van der Waals surface area contributed by atoms with E-state index < -0.39 is 0 Å². The summed E-state index contributed by atoms with van der Waals surface area (Å²) in [5.41, 5.74) is 1.94. The van der Waals surface area contributed by atoms with Gasteiger partial charge in [0.2, 0.25) is 0 Å². The van der Waals surface area contributed by atoms with E-state index in [-0.39, 0.29) is 11.5 Å². The molecule has 1 heterocycles. The van der Waals surface area contributed by atoms with Gasteiger partial charge in [0, 0.05) is 13.1 Å². The van der Waals surface area contributed by atoms with Gasteiger partial charge >= 0.3 is 0 Å². The Kier molecular flexibility index (Phi) is 6.18. The Morgan fingerprint density at radius 3 is 2.61 bits per heavy atom. The molecule has 1 aliphatic heterocycles. The number of methoxy groups -OCH3 is 1. The van der Waals surface area contributed by atoms with Crippen LogP contribution >= 0.6 is 0 Å². The highest BCUT2D eigenvalue weighted by Crippen LogP contribution is 2.30. The summed E-state index contributed by atoms with van der Waals surface area (Å²) in [5.74, 6) is 0.951. The fourth-order valence-electron chi connectivity index (χ4n) is 3.87. The van der Waals surface area contributed by atoms with Crippen LogP contribution in [-0.4, -0.2) is 31.0 Å². The molecule has 0 spiro atoms. The number of nitriles is 1. The second-order valence-corrected chi connectivity index (χ2v) is 7.51. The van der Waals surface area contributed by atoms with Crippen LogP contribution in [0.15, 0.2) is 66.2 Å². The van der Waals surface area contributed by atoms with Crippen molar-refractivity contribution >= 4 is 22.8 Å². The summed E-state index contributed by atoms with van der Waals surface area (Å²) < 4.78 is 11.6. The maximum atomic E-state index is 12.5. The number of hydrogen-bond acceptors (Lipinski definition) is 4. The van der Waals surface area contributed by atoms with Gasteiger partial charge in [-0.25, -0.2) is 0 Å². The molecular weight excluding hydrogens is 388 g/mol. The lowest BCUT2D eigenvalue weighted by atomic mass is 10.1. The van der Waals surface area contributed by atoms with E-state index in [2.05, 4.69) is 24.3 Å². The Labute approximate surface area is 182 Å². The number of rotatable bonds is 6. The van der Waals surface area contributed by atoms with Gasteiger partial charge in [0.25, 0.3) is 5.91 Å². The van der Waals surface area contributed by atoms with Gasteiger partial charge < -0.3 is 14.4 Å². The fourth-order valence-corrected chi connectivity index (χ4v) is 3.87. The van der Waals surface area contributed by atoms with Crippen molar-refractivity contribution in [2.24, 2.45) is 0 Å². The van der Waals surface area contributed by atoms with Crippen LogP contribution < -0.4 is 9.47 Å². The molecule has 0 unspecified atom stereocenters. The summed E-state index contributed by atoms with van der Waals surface area (Å²) in [7, 11) is 1.58. The zero-order valence-electron chi connectivity index (χ0n) is 17.5. The van der Waals surface area contributed by atoms with E-state index in [1.54, 1.807) is 24.2 Å². The SMILES string of the molecule is COc1cc(/C=C(\C#N)C(=O)N2CCCC2)ccc1OCc1cccc2ccccc12. The highest BCUT2D eigenvalue weighted by atomic mass is 16.5. The second-order valence-electron chi connectivity index (χ2n) is 7.51. The van der Waals surface area contributed by atoms with Crippen molar-refractivity contribution in [3.05, 3.63) is 77.4 Å². The van der Waals surface area contributed by atoms with Gasteiger partial charge in [-0.15, -0.1) is 0 Å². The fraction of sp³-hybridized carbons (Fsp3) is 0.231. The number of fused-ring (bicyclic) bond motifs is 1. The van der Waals surface area contributed by atoms with Gasteiger partial charge in [-0.1, -0.05) is 48.5 Å². The predicted octanol–water partition coefficient (Wildman–Crippen LogP) is 4.96. The molecule has 1 aliphatic rings. The molecule has 1 fully saturated rings. The standard InChI is InChI=1S/C26H24N2O3/c1-30-25-16-19(15-22(17-27)26(29)28-13-4-5-14-28)11-12-24(25)31-18-21-9-6-8-20-7-2-3-10-23(20)21/h2-3,6-12,15-16H,4-5,13-14,18H2,1H3/b22-15+. The van der Waals surface area contributed by atoms with Crippen LogP contribution in [-0.2, 0) is 11.4 Å². The van der Waals surface area contributed by atoms with Crippen molar-refractivity contribution in [3.63, 3.8) is 0 Å². The topological polar surface area (TPSA) is 62.6 Å². The van der Waals surface area contributed by atoms with Gasteiger partial charge in [0.15, 0.2) is 11.5 Å². The summed E-state index contributed by atoms with van der Waals surface area (Å²) in [6.45, 7) is 1.83. The minimum Gasteiger partial charge on any atom is -0.493 e. The third-order valence-corrected chi connectivity index (χ3v) is 5.51. The van der Waals surface area contributed by atoms with Crippen LogP contribution in [0.5, 0.6) is 11.5 Å². The summed E-state index contributed by atoms with van der Waals surface area (Å²) in [4.78, 5) is 14.3. The molecule has 0 aliphatic carbocycles. The molecule has 5 nitrogen and oxygen atoms in total. The molecule has 0 N–H and O–H groups in total. The van der Waals surface area contributed by atoms with Crippen molar-refractivity contribution in [1.29, 1.82) is 5.26 Å². The predicted molar refractivity (Wildman–Crippen MR) is 121 cm³/mol. The molecule has 0 saturated carbocycles. The van der Waals surface area contributed by atoms with Crippen LogP contribution in [0.2, 0.25) is 0 Å². The van der Waals surface area contributed by atoms with Gasteiger partial charge in [-0.05, 0) is 52.9 Å². The van der Waals surface area contributed by atoms with Crippen molar-refractivity contribution in [2.45, 2.75) is 19.4 Å². The normalized spacial score (nSPS) is 13.8. The van der Waals surface area contributed by atoms with Crippen molar-refractivity contribution < 1.29 is 14.3 Å².